The normalized spacial score (nSPS) is 33.6. The van der Waals surface area contributed by atoms with Crippen molar-refractivity contribution in [1.29, 1.82) is 0 Å². The van der Waals surface area contributed by atoms with Crippen molar-refractivity contribution in [2.24, 2.45) is 0 Å². The topological polar surface area (TPSA) is 23.5 Å². The Bertz CT molecular complexity index is 169. The zero-order valence-electron chi connectivity index (χ0n) is 8.08. The van der Waals surface area contributed by atoms with Crippen molar-refractivity contribution in [1.82, 2.24) is 4.90 Å². The van der Waals surface area contributed by atoms with Gasteiger partial charge in [-0.2, -0.15) is 0 Å². The fourth-order valence-electron chi connectivity index (χ4n) is 2.00. The summed E-state index contributed by atoms with van der Waals surface area (Å²) in [6.45, 7) is 9.00. The van der Waals surface area contributed by atoms with E-state index in [1.54, 1.807) is 6.08 Å². The van der Waals surface area contributed by atoms with Crippen molar-refractivity contribution in [3.8, 4) is 0 Å². The van der Waals surface area contributed by atoms with E-state index in [1.165, 1.54) is 12.8 Å². The van der Waals surface area contributed by atoms with Crippen molar-refractivity contribution in [2.45, 2.75) is 44.9 Å². The number of hydrogen-bond donors (Lipinski definition) is 1. The van der Waals surface area contributed by atoms with Crippen molar-refractivity contribution in [3.63, 3.8) is 0 Å². The molecule has 1 aliphatic heterocycles. The Balaban J connectivity index is 2.69. The van der Waals surface area contributed by atoms with Crippen LogP contribution < -0.4 is 0 Å². The van der Waals surface area contributed by atoms with E-state index in [4.69, 9.17) is 0 Å². The van der Waals surface area contributed by atoms with Crippen LogP contribution in [0.1, 0.15) is 33.1 Å². The lowest BCUT2D eigenvalue weighted by molar-refractivity contribution is -0.00866. The van der Waals surface area contributed by atoms with Crippen LogP contribution in [0.2, 0.25) is 0 Å². The summed E-state index contributed by atoms with van der Waals surface area (Å²) in [5.74, 6) is 0. The average molecular weight is 169 g/mol. The molecule has 1 unspecified atom stereocenters. The molecule has 2 heteroatoms. The highest BCUT2D eigenvalue weighted by molar-refractivity contribution is 4.95. The van der Waals surface area contributed by atoms with Gasteiger partial charge >= 0.3 is 0 Å². The van der Waals surface area contributed by atoms with E-state index in [-0.39, 0.29) is 5.54 Å². The predicted molar refractivity (Wildman–Crippen MR) is 50.8 cm³/mol. The zero-order valence-corrected chi connectivity index (χ0v) is 8.08. The molecule has 0 aromatic carbocycles. The van der Waals surface area contributed by atoms with Crippen molar-refractivity contribution < 1.29 is 5.11 Å². The summed E-state index contributed by atoms with van der Waals surface area (Å²) in [6.07, 6.45) is 4.62. The van der Waals surface area contributed by atoms with E-state index < -0.39 is 6.23 Å². The molecule has 12 heavy (non-hydrogen) atoms. The fraction of sp³-hybridized carbons (Fsp3) is 0.800. The van der Waals surface area contributed by atoms with Gasteiger partial charge in [-0.3, -0.25) is 4.90 Å². The molecule has 1 rings (SSSR count). The van der Waals surface area contributed by atoms with Gasteiger partial charge in [0.05, 0.1) is 0 Å². The highest BCUT2D eigenvalue weighted by Gasteiger charge is 2.37. The van der Waals surface area contributed by atoms with Gasteiger partial charge in [0.25, 0.3) is 0 Å². The number of hydrogen-bond acceptors (Lipinski definition) is 2. The van der Waals surface area contributed by atoms with Gasteiger partial charge < -0.3 is 5.11 Å². The maximum absolute atomic E-state index is 9.63. The third-order valence-corrected chi connectivity index (χ3v) is 3.10. The summed E-state index contributed by atoms with van der Waals surface area (Å²) in [5, 5.41) is 9.63. The van der Waals surface area contributed by atoms with Crippen LogP contribution in [0.5, 0.6) is 0 Å². The van der Waals surface area contributed by atoms with Crippen molar-refractivity contribution >= 4 is 0 Å². The second-order valence-electron chi connectivity index (χ2n) is 3.80. The van der Waals surface area contributed by atoms with Gasteiger partial charge in [0.15, 0.2) is 0 Å². The maximum Gasteiger partial charge on any atom is 0.126 e. The molecule has 0 saturated carbocycles. The van der Waals surface area contributed by atoms with E-state index in [9.17, 15) is 5.11 Å². The largest absolute Gasteiger partial charge is 0.375 e. The van der Waals surface area contributed by atoms with Gasteiger partial charge in [0.2, 0.25) is 0 Å². The molecule has 0 aromatic heterocycles. The van der Waals surface area contributed by atoms with Crippen LogP contribution in [0.4, 0.5) is 0 Å². The summed E-state index contributed by atoms with van der Waals surface area (Å²) in [5.41, 5.74) is 0.188. The van der Waals surface area contributed by atoms with E-state index in [2.05, 4.69) is 25.3 Å². The molecule has 0 amide bonds. The molecule has 0 spiro atoms. The van der Waals surface area contributed by atoms with Crippen LogP contribution in [0.25, 0.3) is 0 Å². The lowest BCUT2D eigenvalue weighted by atomic mass is 9.95. The standard InChI is InChI=1S/C10H19NO/c1-4-9(12)11-8-6-7-10(11,3)5-2/h4,9,12H,1,5-8H2,2-3H3/t9?,10-/m1/s1. The Labute approximate surface area is 74.9 Å². The minimum Gasteiger partial charge on any atom is -0.375 e. The molecule has 2 atom stereocenters. The molecule has 1 saturated heterocycles. The maximum atomic E-state index is 9.63. The molecule has 1 heterocycles. The smallest absolute Gasteiger partial charge is 0.126 e. The van der Waals surface area contributed by atoms with E-state index in [0.717, 1.165) is 13.0 Å². The lowest BCUT2D eigenvalue weighted by Crippen LogP contribution is -2.46. The van der Waals surface area contributed by atoms with Crippen LogP contribution in [0.3, 0.4) is 0 Å². The minimum absolute atomic E-state index is 0.188. The molecule has 1 N–H and O–H groups in total. The molecule has 0 radical (unpaired) electrons. The lowest BCUT2D eigenvalue weighted by Gasteiger charge is -2.36. The summed E-state index contributed by atoms with van der Waals surface area (Å²) < 4.78 is 0. The van der Waals surface area contributed by atoms with Crippen LogP contribution >= 0.6 is 0 Å². The molecular weight excluding hydrogens is 150 g/mol. The molecule has 0 aliphatic carbocycles. The number of aliphatic hydroxyl groups is 1. The highest BCUT2D eigenvalue weighted by atomic mass is 16.3. The van der Waals surface area contributed by atoms with Gasteiger partial charge in [0.1, 0.15) is 6.23 Å². The Hall–Kier alpha value is -0.340. The zero-order chi connectivity index (χ0) is 9.19. The SMILES string of the molecule is C=CC(O)N1CCC[C@@]1(C)CC. The van der Waals surface area contributed by atoms with E-state index in [1.807, 2.05) is 0 Å². The number of rotatable bonds is 3. The third-order valence-electron chi connectivity index (χ3n) is 3.10. The molecule has 1 aliphatic rings. The van der Waals surface area contributed by atoms with Crippen LogP contribution in [0, 0.1) is 0 Å². The Morgan fingerprint density at radius 1 is 1.75 bits per heavy atom. The highest BCUT2D eigenvalue weighted by Crippen LogP contribution is 2.32. The molecule has 0 aromatic rings. The van der Waals surface area contributed by atoms with Gasteiger partial charge in [-0.1, -0.05) is 13.5 Å². The molecular formula is C10H19NO. The van der Waals surface area contributed by atoms with Gasteiger partial charge in [-0.15, -0.1) is 0 Å². The van der Waals surface area contributed by atoms with Gasteiger partial charge in [0, 0.05) is 12.1 Å². The van der Waals surface area contributed by atoms with E-state index >= 15 is 0 Å². The first kappa shape index (κ1) is 9.75. The van der Waals surface area contributed by atoms with Crippen LogP contribution in [0.15, 0.2) is 12.7 Å². The first-order valence-corrected chi connectivity index (χ1v) is 4.71. The quantitative estimate of drug-likeness (QED) is 0.651. The molecule has 70 valence electrons. The predicted octanol–water partition coefficient (Wildman–Crippen LogP) is 1.76. The number of likely N-dealkylation sites (tertiary alicyclic amines) is 1. The first-order valence-electron chi connectivity index (χ1n) is 4.71. The van der Waals surface area contributed by atoms with E-state index in [0.29, 0.717) is 0 Å². The second kappa shape index (κ2) is 3.58. The Morgan fingerprint density at radius 2 is 2.42 bits per heavy atom. The van der Waals surface area contributed by atoms with Gasteiger partial charge in [-0.05, 0) is 32.3 Å². The summed E-state index contributed by atoms with van der Waals surface area (Å²) in [7, 11) is 0. The molecule has 1 fully saturated rings. The van der Waals surface area contributed by atoms with Crippen molar-refractivity contribution in [2.75, 3.05) is 6.54 Å². The number of aliphatic hydroxyl groups excluding tert-OH is 1. The Morgan fingerprint density at radius 3 is 2.92 bits per heavy atom. The molecule has 2 nitrogen and oxygen atoms in total. The summed E-state index contributed by atoms with van der Waals surface area (Å²) in [6, 6.07) is 0. The third kappa shape index (κ3) is 1.54. The average Bonchev–Trinajstić information content (AvgIpc) is 2.47. The fourth-order valence-corrected chi connectivity index (χ4v) is 2.00. The second-order valence-corrected chi connectivity index (χ2v) is 3.80. The number of nitrogens with zero attached hydrogens (tertiary/aromatic N) is 1. The summed E-state index contributed by atoms with van der Waals surface area (Å²) >= 11 is 0. The summed E-state index contributed by atoms with van der Waals surface area (Å²) in [4.78, 5) is 2.14. The van der Waals surface area contributed by atoms with Crippen molar-refractivity contribution in [3.05, 3.63) is 12.7 Å². The Kier molecular flexibility index (Phi) is 2.91. The van der Waals surface area contributed by atoms with Crippen LogP contribution in [-0.2, 0) is 0 Å². The van der Waals surface area contributed by atoms with Gasteiger partial charge in [-0.25, -0.2) is 0 Å². The van der Waals surface area contributed by atoms with Crippen LogP contribution in [-0.4, -0.2) is 28.3 Å². The molecule has 0 bridgehead atoms. The first-order chi connectivity index (χ1) is 5.64. The minimum atomic E-state index is -0.461. The monoisotopic (exact) mass is 169 g/mol.